The number of benzene rings is 5. The van der Waals surface area contributed by atoms with E-state index in [1.807, 2.05) is 66.4 Å². The van der Waals surface area contributed by atoms with Crippen LogP contribution in [0.1, 0.15) is 21.5 Å². The standard InChI is InChI=1S/C34H32N2O2S2/c1-38-29-12-7-9-27(23-29)25-36(21-22-39-30-13-3-2-4-14-30)24-26-17-19-31(20-18-26)40-35-34(37)33-16-8-11-28-10-5-6-15-32(28)33/h2-20,23H,21-22,24-25H2,1H3,(H,35,37). The van der Waals surface area contributed by atoms with Crippen molar-refractivity contribution in [1.82, 2.24) is 9.62 Å². The molecule has 0 fully saturated rings. The van der Waals surface area contributed by atoms with Crippen molar-refractivity contribution in [1.29, 1.82) is 0 Å². The van der Waals surface area contributed by atoms with Crippen LogP contribution in [0.2, 0.25) is 0 Å². The summed E-state index contributed by atoms with van der Waals surface area (Å²) in [6, 6.07) is 41.0. The van der Waals surface area contributed by atoms with Gasteiger partial charge in [-0.2, -0.15) is 0 Å². The van der Waals surface area contributed by atoms with Crippen molar-refractivity contribution in [3.63, 3.8) is 0 Å². The Kier molecular flexibility index (Phi) is 9.80. The summed E-state index contributed by atoms with van der Waals surface area (Å²) in [6.45, 7) is 2.62. The third-order valence-corrected chi connectivity index (χ3v) is 8.37. The molecular weight excluding hydrogens is 533 g/mol. The molecule has 40 heavy (non-hydrogen) atoms. The first-order chi connectivity index (χ1) is 19.7. The number of hydrogen-bond donors (Lipinski definition) is 1. The fourth-order valence-corrected chi connectivity index (χ4v) is 6.08. The van der Waals surface area contributed by atoms with E-state index in [9.17, 15) is 4.79 Å². The summed E-state index contributed by atoms with van der Waals surface area (Å²) in [5, 5.41) is 2.02. The first-order valence-corrected chi connectivity index (χ1v) is 15.1. The van der Waals surface area contributed by atoms with Gasteiger partial charge in [0, 0.05) is 40.7 Å². The number of rotatable bonds is 12. The second-order valence-corrected chi connectivity index (χ2v) is 11.5. The predicted octanol–water partition coefficient (Wildman–Crippen LogP) is 8.08. The van der Waals surface area contributed by atoms with E-state index < -0.39 is 0 Å². The highest BCUT2D eigenvalue weighted by Crippen LogP contribution is 2.23. The van der Waals surface area contributed by atoms with E-state index in [0.717, 1.165) is 46.8 Å². The number of nitrogens with one attached hydrogen (secondary N) is 1. The van der Waals surface area contributed by atoms with Crippen LogP contribution in [0.25, 0.3) is 10.8 Å². The molecule has 0 atom stereocenters. The van der Waals surface area contributed by atoms with Crippen LogP contribution in [0, 0.1) is 0 Å². The lowest BCUT2D eigenvalue weighted by molar-refractivity contribution is 0.0986. The molecule has 5 aromatic rings. The van der Waals surface area contributed by atoms with E-state index >= 15 is 0 Å². The largest absolute Gasteiger partial charge is 0.497 e. The molecule has 4 nitrogen and oxygen atoms in total. The van der Waals surface area contributed by atoms with Crippen molar-refractivity contribution in [2.24, 2.45) is 0 Å². The van der Waals surface area contributed by atoms with Crippen LogP contribution in [-0.2, 0) is 13.1 Å². The molecule has 5 rings (SSSR count). The lowest BCUT2D eigenvalue weighted by Gasteiger charge is -2.23. The van der Waals surface area contributed by atoms with E-state index in [0.29, 0.717) is 5.56 Å². The van der Waals surface area contributed by atoms with Crippen LogP contribution in [0.3, 0.4) is 0 Å². The lowest BCUT2D eigenvalue weighted by Crippen LogP contribution is -2.25. The third-order valence-electron chi connectivity index (χ3n) is 6.59. The van der Waals surface area contributed by atoms with E-state index in [1.54, 1.807) is 7.11 Å². The number of ether oxygens (including phenoxy) is 1. The van der Waals surface area contributed by atoms with Crippen LogP contribution in [-0.4, -0.2) is 30.2 Å². The Morgan fingerprint density at radius 2 is 1.48 bits per heavy atom. The zero-order valence-corrected chi connectivity index (χ0v) is 24.1. The van der Waals surface area contributed by atoms with Gasteiger partial charge in [0.15, 0.2) is 0 Å². The molecule has 5 aromatic carbocycles. The monoisotopic (exact) mass is 564 g/mol. The van der Waals surface area contributed by atoms with Crippen LogP contribution in [0.5, 0.6) is 5.75 Å². The van der Waals surface area contributed by atoms with Crippen LogP contribution in [0.4, 0.5) is 0 Å². The SMILES string of the molecule is COc1cccc(CN(CCSc2ccccc2)Cc2ccc(SNC(=O)c3cccc4ccccc34)cc2)c1. The van der Waals surface area contributed by atoms with Crippen molar-refractivity contribution in [2.45, 2.75) is 22.9 Å². The molecule has 0 aliphatic carbocycles. The van der Waals surface area contributed by atoms with Gasteiger partial charge in [0.2, 0.25) is 0 Å². The van der Waals surface area contributed by atoms with Crippen LogP contribution >= 0.6 is 23.7 Å². The number of carbonyl (C=O) groups excluding carboxylic acids is 1. The van der Waals surface area contributed by atoms with Crippen molar-refractivity contribution >= 4 is 40.4 Å². The molecule has 202 valence electrons. The number of nitrogens with zero attached hydrogens (tertiary/aromatic N) is 1. The van der Waals surface area contributed by atoms with Gasteiger partial charge in [0.05, 0.1) is 7.11 Å². The lowest BCUT2D eigenvalue weighted by atomic mass is 10.0. The molecule has 1 amide bonds. The summed E-state index contributed by atoms with van der Waals surface area (Å²) in [6.07, 6.45) is 0. The van der Waals surface area contributed by atoms with Gasteiger partial charge in [0.1, 0.15) is 5.75 Å². The second-order valence-electron chi connectivity index (χ2n) is 9.43. The molecule has 0 spiro atoms. The summed E-state index contributed by atoms with van der Waals surface area (Å²) in [7, 11) is 1.71. The zero-order chi connectivity index (χ0) is 27.6. The van der Waals surface area contributed by atoms with Gasteiger partial charge in [0.25, 0.3) is 5.91 Å². The van der Waals surface area contributed by atoms with Crippen LogP contribution in [0.15, 0.2) is 131 Å². The number of amides is 1. The number of carbonyl (C=O) groups is 1. The molecule has 0 saturated heterocycles. The van der Waals surface area contributed by atoms with Crippen molar-refractivity contribution in [3.05, 3.63) is 138 Å². The van der Waals surface area contributed by atoms with E-state index in [2.05, 4.69) is 76.4 Å². The average Bonchev–Trinajstić information content (AvgIpc) is 3.01. The summed E-state index contributed by atoms with van der Waals surface area (Å²) in [5.74, 6) is 1.79. The smallest absolute Gasteiger partial charge is 0.261 e. The van der Waals surface area contributed by atoms with Crippen molar-refractivity contribution < 1.29 is 9.53 Å². The minimum Gasteiger partial charge on any atom is -0.497 e. The van der Waals surface area contributed by atoms with Gasteiger partial charge in [-0.1, -0.05) is 78.9 Å². The normalized spacial score (nSPS) is 11.1. The Morgan fingerprint density at radius 1 is 0.750 bits per heavy atom. The number of methoxy groups -OCH3 is 1. The Bertz CT molecular complexity index is 1540. The molecule has 0 saturated carbocycles. The Balaban J connectivity index is 1.21. The molecule has 0 aliphatic rings. The molecular formula is C34H32N2O2S2. The van der Waals surface area contributed by atoms with E-state index in [-0.39, 0.29) is 5.91 Å². The quantitative estimate of drug-likeness (QED) is 0.123. The Hall–Kier alpha value is -3.71. The Labute approximate surface area is 244 Å². The minimum absolute atomic E-state index is 0.0914. The van der Waals surface area contributed by atoms with Gasteiger partial charge >= 0.3 is 0 Å². The first kappa shape index (κ1) is 27.8. The van der Waals surface area contributed by atoms with E-state index in [1.165, 1.54) is 28.0 Å². The van der Waals surface area contributed by atoms with Crippen LogP contribution < -0.4 is 9.46 Å². The summed E-state index contributed by atoms with van der Waals surface area (Å²) < 4.78 is 8.45. The molecule has 0 aliphatic heterocycles. The maximum atomic E-state index is 12.9. The molecule has 0 radical (unpaired) electrons. The van der Waals surface area contributed by atoms with E-state index in [4.69, 9.17) is 4.74 Å². The molecule has 0 bridgehead atoms. The highest BCUT2D eigenvalue weighted by molar-refractivity contribution is 7.99. The molecule has 0 unspecified atom stereocenters. The van der Waals surface area contributed by atoms with Gasteiger partial charge in [-0.3, -0.25) is 14.4 Å². The Morgan fingerprint density at radius 3 is 2.30 bits per heavy atom. The maximum absolute atomic E-state index is 12.9. The summed E-state index contributed by atoms with van der Waals surface area (Å²) >= 11 is 3.23. The number of hydrogen-bond acceptors (Lipinski definition) is 5. The fraction of sp³-hybridized carbons (Fsp3) is 0.147. The summed E-state index contributed by atoms with van der Waals surface area (Å²) in [5.41, 5.74) is 3.15. The highest BCUT2D eigenvalue weighted by atomic mass is 32.2. The molecule has 0 aromatic heterocycles. The van der Waals surface area contributed by atoms with Crippen molar-refractivity contribution in [3.8, 4) is 5.75 Å². The topological polar surface area (TPSA) is 41.6 Å². The molecule has 1 N–H and O–H groups in total. The predicted molar refractivity (Wildman–Crippen MR) is 168 cm³/mol. The van der Waals surface area contributed by atoms with Gasteiger partial charge in [-0.15, -0.1) is 11.8 Å². The number of thioether (sulfide) groups is 1. The first-order valence-electron chi connectivity index (χ1n) is 13.2. The fourth-order valence-electron chi connectivity index (χ4n) is 4.56. The van der Waals surface area contributed by atoms with Gasteiger partial charge < -0.3 is 4.74 Å². The second kappa shape index (κ2) is 14.1. The van der Waals surface area contributed by atoms with Gasteiger partial charge in [-0.05, 0) is 76.3 Å². The number of fused-ring (bicyclic) bond motifs is 1. The minimum atomic E-state index is -0.0914. The molecule has 6 heteroatoms. The zero-order valence-electron chi connectivity index (χ0n) is 22.5. The summed E-state index contributed by atoms with van der Waals surface area (Å²) in [4.78, 5) is 17.7. The molecule has 0 heterocycles. The van der Waals surface area contributed by atoms with Crippen molar-refractivity contribution in [2.75, 3.05) is 19.4 Å². The maximum Gasteiger partial charge on any atom is 0.261 e. The third kappa shape index (κ3) is 7.69. The average molecular weight is 565 g/mol. The highest BCUT2D eigenvalue weighted by Gasteiger charge is 2.11. The van der Waals surface area contributed by atoms with Gasteiger partial charge in [-0.25, -0.2) is 0 Å².